The van der Waals surface area contributed by atoms with E-state index < -0.39 is 0 Å². The number of aromatic nitrogens is 2. The molecule has 3 rings (SSSR count). The molecular formula is C19H26N4O2. The Balaban J connectivity index is 1.58. The second-order valence-electron chi connectivity index (χ2n) is 6.13. The molecule has 1 atom stereocenters. The Bertz CT molecular complexity index is 666. The van der Waals surface area contributed by atoms with E-state index in [4.69, 9.17) is 9.47 Å². The first-order valence-corrected chi connectivity index (χ1v) is 8.85. The molecule has 1 aliphatic rings. The van der Waals surface area contributed by atoms with E-state index in [1.54, 1.807) is 19.5 Å². The maximum Gasteiger partial charge on any atom is 0.225 e. The highest BCUT2D eigenvalue weighted by atomic mass is 16.5. The zero-order valence-corrected chi connectivity index (χ0v) is 14.9. The summed E-state index contributed by atoms with van der Waals surface area (Å²) in [6, 6.07) is 8.37. The summed E-state index contributed by atoms with van der Waals surface area (Å²) in [4.78, 5) is 11.0. The Kier molecular flexibility index (Phi) is 6.06. The normalized spacial score (nSPS) is 17.4. The van der Waals surface area contributed by atoms with E-state index in [0.717, 1.165) is 49.9 Å². The van der Waals surface area contributed by atoms with E-state index >= 15 is 0 Å². The van der Waals surface area contributed by atoms with E-state index in [9.17, 15) is 0 Å². The molecule has 0 radical (unpaired) electrons. The molecule has 2 heterocycles. The molecule has 1 saturated heterocycles. The van der Waals surface area contributed by atoms with Crippen LogP contribution in [-0.2, 0) is 6.54 Å². The van der Waals surface area contributed by atoms with Gasteiger partial charge < -0.3 is 19.7 Å². The van der Waals surface area contributed by atoms with Crippen molar-refractivity contribution < 1.29 is 9.47 Å². The molecule has 2 aromatic rings. The summed E-state index contributed by atoms with van der Waals surface area (Å²) in [5, 5.41) is 3.65. The SMILES string of the molecule is CCOc1cc(CN[C@@H]2CCCN(c3ncccn3)C2)ccc1OC. The average Bonchev–Trinajstić information content (AvgIpc) is 2.68. The van der Waals surface area contributed by atoms with Crippen LogP contribution in [-0.4, -0.2) is 42.8 Å². The topological polar surface area (TPSA) is 59.5 Å². The minimum absolute atomic E-state index is 0.426. The summed E-state index contributed by atoms with van der Waals surface area (Å²) in [5.74, 6) is 2.39. The number of hydrogen-bond donors (Lipinski definition) is 1. The van der Waals surface area contributed by atoms with Crippen LogP contribution in [0.3, 0.4) is 0 Å². The number of nitrogens with zero attached hydrogens (tertiary/aromatic N) is 3. The van der Waals surface area contributed by atoms with E-state index in [1.807, 2.05) is 19.1 Å². The first-order valence-electron chi connectivity index (χ1n) is 8.85. The molecule has 0 bridgehead atoms. The molecule has 0 spiro atoms. The quantitative estimate of drug-likeness (QED) is 0.835. The van der Waals surface area contributed by atoms with Crippen molar-refractivity contribution >= 4 is 5.95 Å². The summed E-state index contributed by atoms with van der Waals surface area (Å²) in [6.07, 6.45) is 5.90. The van der Waals surface area contributed by atoms with Gasteiger partial charge in [-0.25, -0.2) is 9.97 Å². The van der Waals surface area contributed by atoms with Crippen molar-refractivity contribution in [3.63, 3.8) is 0 Å². The van der Waals surface area contributed by atoms with E-state index in [2.05, 4.69) is 32.3 Å². The third-order valence-corrected chi connectivity index (χ3v) is 4.38. The lowest BCUT2D eigenvalue weighted by atomic mass is 10.1. The van der Waals surface area contributed by atoms with Crippen LogP contribution < -0.4 is 19.7 Å². The predicted octanol–water partition coefficient (Wildman–Crippen LogP) is 2.64. The first-order chi connectivity index (χ1) is 12.3. The van der Waals surface area contributed by atoms with Gasteiger partial charge in [-0.15, -0.1) is 0 Å². The van der Waals surface area contributed by atoms with Gasteiger partial charge >= 0.3 is 0 Å². The lowest BCUT2D eigenvalue weighted by molar-refractivity contribution is 0.310. The highest BCUT2D eigenvalue weighted by Gasteiger charge is 2.21. The van der Waals surface area contributed by atoms with Crippen molar-refractivity contribution in [1.29, 1.82) is 0 Å². The van der Waals surface area contributed by atoms with E-state index in [1.165, 1.54) is 5.56 Å². The van der Waals surface area contributed by atoms with Crippen LogP contribution in [0.1, 0.15) is 25.3 Å². The molecule has 6 heteroatoms. The molecule has 25 heavy (non-hydrogen) atoms. The molecular weight excluding hydrogens is 316 g/mol. The zero-order valence-electron chi connectivity index (χ0n) is 14.9. The van der Waals surface area contributed by atoms with Gasteiger partial charge in [-0.2, -0.15) is 0 Å². The van der Waals surface area contributed by atoms with Crippen molar-refractivity contribution in [2.24, 2.45) is 0 Å². The molecule has 0 amide bonds. The van der Waals surface area contributed by atoms with Crippen molar-refractivity contribution in [2.75, 3.05) is 31.7 Å². The number of ether oxygens (including phenoxy) is 2. The van der Waals surface area contributed by atoms with Gasteiger partial charge in [0.15, 0.2) is 11.5 Å². The summed E-state index contributed by atoms with van der Waals surface area (Å²) < 4.78 is 11.0. The summed E-state index contributed by atoms with van der Waals surface area (Å²) >= 11 is 0. The second kappa shape index (κ2) is 8.67. The van der Waals surface area contributed by atoms with Crippen LogP contribution >= 0.6 is 0 Å². The molecule has 0 saturated carbocycles. The maximum atomic E-state index is 5.66. The van der Waals surface area contributed by atoms with Crippen LogP contribution in [0, 0.1) is 0 Å². The Morgan fingerprint density at radius 1 is 1.24 bits per heavy atom. The molecule has 1 fully saturated rings. The molecule has 6 nitrogen and oxygen atoms in total. The number of methoxy groups -OCH3 is 1. The predicted molar refractivity (Wildman–Crippen MR) is 98.3 cm³/mol. The molecule has 0 aliphatic carbocycles. The number of rotatable bonds is 7. The van der Waals surface area contributed by atoms with Crippen molar-refractivity contribution in [3.05, 3.63) is 42.2 Å². The van der Waals surface area contributed by atoms with Gasteiger partial charge in [0.25, 0.3) is 0 Å². The molecule has 1 aromatic carbocycles. The van der Waals surface area contributed by atoms with Gasteiger partial charge in [-0.05, 0) is 43.5 Å². The van der Waals surface area contributed by atoms with Crippen LogP contribution in [0.2, 0.25) is 0 Å². The Morgan fingerprint density at radius 2 is 2.08 bits per heavy atom. The fourth-order valence-corrected chi connectivity index (χ4v) is 3.14. The average molecular weight is 342 g/mol. The molecule has 1 aliphatic heterocycles. The minimum atomic E-state index is 0.426. The van der Waals surface area contributed by atoms with Gasteiger partial charge in [0.1, 0.15) is 0 Å². The number of nitrogens with one attached hydrogen (secondary N) is 1. The number of hydrogen-bond acceptors (Lipinski definition) is 6. The van der Waals surface area contributed by atoms with Gasteiger partial charge in [0.05, 0.1) is 13.7 Å². The van der Waals surface area contributed by atoms with Crippen molar-refractivity contribution in [3.8, 4) is 11.5 Å². The van der Waals surface area contributed by atoms with E-state index in [-0.39, 0.29) is 0 Å². The molecule has 1 aromatic heterocycles. The Hall–Kier alpha value is -2.34. The first kappa shape index (κ1) is 17.5. The van der Waals surface area contributed by atoms with Crippen LogP contribution in [0.15, 0.2) is 36.7 Å². The monoisotopic (exact) mass is 342 g/mol. The summed E-state index contributed by atoms with van der Waals surface area (Å²) in [7, 11) is 1.66. The van der Waals surface area contributed by atoms with Crippen molar-refractivity contribution in [2.45, 2.75) is 32.4 Å². The summed E-state index contributed by atoms with van der Waals surface area (Å²) in [6.45, 7) is 5.35. The Labute approximate surface area is 149 Å². The lowest BCUT2D eigenvalue weighted by Crippen LogP contribution is -2.46. The maximum absolute atomic E-state index is 5.66. The van der Waals surface area contributed by atoms with Gasteiger partial charge in [-0.1, -0.05) is 6.07 Å². The highest BCUT2D eigenvalue weighted by Crippen LogP contribution is 2.28. The Morgan fingerprint density at radius 3 is 2.84 bits per heavy atom. The lowest BCUT2D eigenvalue weighted by Gasteiger charge is -2.33. The summed E-state index contributed by atoms with van der Waals surface area (Å²) in [5.41, 5.74) is 1.19. The van der Waals surface area contributed by atoms with Gasteiger partial charge in [-0.3, -0.25) is 0 Å². The molecule has 1 N–H and O–H groups in total. The highest BCUT2D eigenvalue weighted by molar-refractivity contribution is 5.43. The molecule has 0 unspecified atom stereocenters. The standard InChI is InChI=1S/C19H26N4O2/c1-3-25-18-12-15(7-8-17(18)24-2)13-22-16-6-4-11-23(14-16)19-20-9-5-10-21-19/h5,7-10,12,16,22H,3-4,6,11,13-14H2,1-2H3/t16-/m1/s1. The third-order valence-electron chi connectivity index (χ3n) is 4.38. The number of benzene rings is 1. The minimum Gasteiger partial charge on any atom is -0.493 e. The van der Waals surface area contributed by atoms with Crippen molar-refractivity contribution in [1.82, 2.24) is 15.3 Å². The smallest absolute Gasteiger partial charge is 0.225 e. The second-order valence-corrected chi connectivity index (χ2v) is 6.13. The third kappa shape index (κ3) is 4.60. The fraction of sp³-hybridized carbons (Fsp3) is 0.474. The fourth-order valence-electron chi connectivity index (χ4n) is 3.14. The zero-order chi connectivity index (χ0) is 17.5. The number of anilines is 1. The van der Waals surface area contributed by atoms with Crippen LogP contribution in [0.4, 0.5) is 5.95 Å². The number of piperidine rings is 1. The van der Waals surface area contributed by atoms with Gasteiger partial charge in [0.2, 0.25) is 5.95 Å². The van der Waals surface area contributed by atoms with Crippen LogP contribution in [0.5, 0.6) is 11.5 Å². The van der Waals surface area contributed by atoms with Gasteiger partial charge in [0, 0.05) is 38.1 Å². The molecule has 134 valence electrons. The largest absolute Gasteiger partial charge is 0.493 e. The van der Waals surface area contributed by atoms with E-state index in [0.29, 0.717) is 12.6 Å². The van der Waals surface area contributed by atoms with Crippen LogP contribution in [0.25, 0.3) is 0 Å².